The fourth-order valence-electron chi connectivity index (χ4n) is 8.79. The molecular weight excluding hydrogens is 737 g/mol. The van der Waals surface area contributed by atoms with E-state index in [1.807, 2.05) is 135 Å². The molecule has 0 unspecified atom stereocenters. The van der Waals surface area contributed by atoms with Crippen LogP contribution >= 0.6 is 0 Å². The van der Waals surface area contributed by atoms with E-state index in [4.69, 9.17) is 0 Å². The summed E-state index contributed by atoms with van der Waals surface area (Å²) in [7, 11) is 0. The first-order valence-electron chi connectivity index (χ1n) is 19.7. The summed E-state index contributed by atoms with van der Waals surface area (Å²) in [4.78, 5) is 31.2. The van der Waals surface area contributed by atoms with Gasteiger partial charge in [-0.1, -0.05) is 109 Å². The Balaban J connectivity index is 1.20. The van der Waals surface area contributed by atoms with Gasteiger partial charge in [0, 0.05) is 16.3 Å². The van der Waals surface area contributed by atoms with E-state index < -0.39 is 5.91 Å². The van der Waals surface area contributed by atoms with E-state index in [0.29, 0.717) is 33.6 Å². The summed E-state index contributed by atoms with van der Waals surface area (Å²) in [5.74, 6) is -0.784. The number of hydrogen-bond acceptors (Lipinski definition) is 4. The van der Waals surface area contributed by atoms with Crippen LogP contribution in [0.3, 0.4) is 0 Å². The number of fused-ring (bicyclic) bond motifs is 4. The molecule has 8 aromatic carbocycles. The number of aryl methyl sites for hydroxylation is 2. The monoisotopic (exact) mass is 770 g/mol. The van der Waals surface area contributed by atoms with Crippen molar-refractivity contribution in [3.8, 4) is 62.3 Å². The van der Waals surface area contributed by atoms with Crippen molar-refractivity contribution in [3.05, 3.63) is 203 Å². The van der Waals surface area contributed by atoms with Gasteiger partial charge in [-0.2, -0.15) is 10.5 Å². The third-order valence-corrected chi connectivity index (χ3v) is 11.7. The molecule has 0 saturated carbocycles. The number of carbonyl (C=O) groups excluding carboxylic acids is 2. The van der Waals surface area contributed by atoms with Crippen molar-refractivity contribution in [2.45, 2.75) is 13.8 Å². The largest absolute Gasteiger partial charge is 0.308 e. The summed E-state index contributed by atoms with van der Waals surface area (Å²) < 4.78 is 2.11. The van der Waals surface area contributed by atoms with Crippen molar-refractivity contribution < 1.29 is 9.59 Å². The molecule has 1 aliphatic heterocycles. The quantitative estimate of drug-likeness (QED) is 0.157. The number of carbonyl (C=O) groups is 2. The summed E-state index contributed by atoms with van der Waals surface area (Å²) in [5.41, 5.74) is 14.2. The predicted octanol–water partition coefficient (Wildman–Crippen LogP) is 12.6. The molecule has 60 heavy (non-hydrogen) atoms. The molecular formula is C54H34N4O2. The van der Waals surface area contributed by atoms with E-state index in [-0.39, 0.29) is 5.91 Å². The molecule has 0 N–H and O–H groups in total. The molecule has 6 heteroatoms. The number of anilines is 1. The molecule has 9 aromatic rings. The maximum absolute atomic E-state index is 15.2. The Morgan fingerprint density at radius 2 is 0.967 bits per heavy atom. The molecule has 0 radical (unpaired) electrons. The topological polar surface area (TPSA) is 89.9 Å². The third kappa shape index (κ3) is 5.78. The number of nitrogens with zero attached hydrogens (tertiary/aromatic N) is 4. The maximum atomic E-state index is 15.2. The van der Waals surface area contributed by atoms with Crippen LogP contribution in [0.15, 0.2) is 170 Å². The Kier molecular flexibility index (Phi) is 8.56. The second-order valence-electron chi connectivity index (χ2n) is 15.2. The molecule has 0 atom stereocenters. The molecule has 2 heterocycles. The average Bonchev–Trinajstić information content (AvgIpc) is 3.75. The van der Waals surface area contributed by atoms with Crippen LogP contribution < -0.4 is 4.90 Å². The highest BCUT2D eigenvalue weighted by molar-refractivity contribution is 6.36. The average molecular weight is 771 g/mol. The van der Waals surface area contributed by atoms with Crippen molar-refractivity contribution in [3.63, 3.8) is 0 Å². The highest BCUT2D eigenvalue weighted by Gasteiger charge is 2.40. The van der Waals surface area contributed by atoms with Gasteiger partial charge in [0.1, 0.15) is 0 Å². The summed E-state index contributed by atoms with van der Waals surface area (Å²) in [6.45, 7) is 4.00. The van der Waals surface area contributed by atoms with Crippen molar-refractivity contribution in [1.29, 1.82) is 10.5 Å². The van der Waals surface area contributed by atoms with Crippen LogP contribution in [-0.4, -0.2) is 16.4 Å². The zero-order valence-electron chi connectivity index (χ0n) is 32.8. The van der Waals surface area contributed by atoms with Gasteiger partial charge in [-0.3, -0.25) is 9.59 Å². The van der Waals surface area contributed by atoms with E-state index in [9.17, 15) is 15.3 Å². The van der Waals surface area contributed by atoms with Crippen molar-refractivity contribution in [2.75, 3.05) is 4.90 Å². The SMILES string of the molecule is Cc1cc(C#N)ccc1-c1ccc2c3ccc(-c4ccc(C#N)cc4C)cc3n(-c3cccc4c3C(=O)N(c3ccc(-c5ccccc5)cc3-c3ccccc3)C4=O)c2c1. The predicted molar refractivity (Wildman–Crippen MR) is 239 cm³/mol. The molecule has 0 aliphatic carbocycles. The molecule has 0 saturated heterocycles. The number of aromatic nitrogens is 1. The first-order valence-corrected chi connectivity index (χ1v) is 19.7. The lowest BCUT2D eigenvalue weighted by atomic mass is 9.96. The van der Waals surface area contributed by atoms with Gasteiger partial charge < -0.3 is 4.57 Å². The minimum Gasteiger partial charge on any atom is -0.308 e. The summed E-state index contributed by atoms with van der Waals surface area (Å²) in [6.07, 6.45) is 0. The molecule has 2 amide bonds. The molecule has 10 rings (SSSR count). The summed E-state index contributed by atoms with van der Waals surface area (Å²) >= 11 is 0. The first-order chi connectivity index (χ1) is 29.3. The van der Waals surface area contributed by atoms with Gasteiger partial charge in [0.15, 0.2) is 0 Å². The lowest BCUT2D eigenvalue weighted by Gasteiger charge is -2.20. The molecule has 0 fully saturated rings. The van der Waals surface area contributed by atoms with Crippen LogP contribution in [0.2, 0.25) is 0 Å². The fourth-order valence-corrected chi connectivity index (χ4v) is 8.79. The summed E-state index contributed by atoms with van der Waals surface area (Å²) in [5, 5.41) is 21.1. The van der Waals surface area contributed by atoms with Crippen LogP contribution in [0.1, 0.15) is 43.0 Å². The molecule has 282 valence electrons. The Bertz CT molecular complexity index is 3230. The Morgan fingerprint density at radius 1 is 0.417 bits per heavy atom. The standard InChI is InChI=1S/C54H34N4O2/c1-33-26-35(31-55)16-21-42(33)40-18-23-44-45-24-19-41(43-22-17-36(32-56)27-34(43)2)30-51(45)57(50(44)29-40)49-15-9-14-46-52(49)54(60)58(53(46)59)48-25-20-39(37-10-5-3-6-11-37)28-47(48)38-12-7-4-8-13-38/h3-30H,1-2H3. The van der Waals surface area contributed by atoms with Gasteiger partial charge >= 0.3 is 0 Å². The van der Waals surface area contributed by atoms with Crippen molar-refractivity contribution in [1.82, 2.24) is 4.57 Å². The van der Waals surface area contributed by atoms with Crippen LogP contribution in [0, 0.1) is 36.5 Å². The summed E-state index contributed by atoms with van der Waals surface area (Å²) in [6, 6.07) is 59.8. The number of rotatable bonds is 6. The lowest BCUT2D eigenvalue weighted by Crippen LogP contribution is -2.30. The van der Waals surface area contributed by atoms with E-state index >= 15 is 4.79 Å². The van der Waals surface area contributed by atoms with Gasteiger partial charge in [0.2, 0.25) is 0 Å². The van der Waals surface area contributed by atoms with Gasteiger partial charge in [0.05, 0.1) is 56.8 Å². The molecule has 1 aliphatic rings. The first kappa shape index (κ1) is 36.0. The van der Waals surface area contributed by atoms with Gasteiger partial charge in [0.25, 0.3) is 11.8 Å². The van der Waals surface area contributed by atoms with E-state index in [2.05, 4.69) is 59.2 Å². The van der Waals surface area contributed by atoms with Crippen LogP contribution in [-0.2, 0) is 0 Å². The van der Waals surface area contributed by atoms with Crippen LogP contribution in [0.5, 0.6) is 0 Å². The maximum Gasteiger partial charge on any atom is 0.268 e. The number of nitriles is 2. The Morgan fingerprint density at radius 3 is 1.52 bits per heavy atom. The highest BCUT2D eigenvalue weighted by Crippen LogP contribution is 2.43. The Labute approximate surface area is 347 Å². The van der Waals surface area contributed by atoms with Crippen LogP contribution in [0.4, 0.5) is 5.69 Å². The number of hydrogen-bond donors (Lipinski definition) is 0. The number of benzene rings is 8. The van der Waals surface area contributed by atoms with E-state index in [1.165, 1.54) is 4.90 Å². The second-order valence-corrected chi connectivity index (χ2v) is 15.2. The minimum atomic E-state index is -0.400. The van der Waals surface area contributed by atoms with Crippen molar-refractivity contribution >= 4 is 39.3 Å². The van der Waals surface area contributed by atoms with Crippen molar-refractivity contribution in [2.24, 2.45) is 0 Å². The van der Waals surface area contributed by atoms with E-state index in [0.717, 1.165) is 77.4 Å². The zero-order chi connectivity index (χ0) is 41.1. The number of amides is 2. The highest BCUT2D eigenvalue weighted by atomic mass is 16.2. The fraction of sp³-hybridized carbons (Fsp3) is 0.0370. The van der Waals surface area contributed by atoms with Gasteiger partial charge in [-0.05, 0) is 125 Å². The smallest absolute Gasteiger partial charge is 0.268 e. The Hall–Kier alpha value is -8.32. The lowest BCUT2D eigenvalue weighted by molar-refractivity contribution is 0.0926. The molecule has 6 nitrogen and oxygen atoms in total. The van der Waals surface area contributed by atoms with Crippen LogP contribution in [0.25, 0.3) is 72.0 Å². The molecule has 0 spiro atoms. The molecule has 0 bridgehead atoms. The third-order valence-electron chi connectivity index (χ3n) is 11.7. The minimum absolute atomic E-state index is 0.326. The normalized spacial score (nSPS) is 12.2. The van der Waals surface area contributed by atoms with Gasteiger partial charge in [-0.25, -0.2) is 4.90 Å². The molecule has 1 aromatic heterocycles. The van der Waals surface area contributed by atoms with Gasteiger partial charge in [-0.15, -0.1) is 0 Å². The zero-order valence-corrected chi connectivity index (χ0v) is 32.8. The second kappa shape index (κ2) is 14.3. The van der Waals surface area contributed by atoms with E-state index in [1.54, 1.807) is 6.07 Å². The number of imide groups is 1.